The minimum Gasteiger partial charge on any atom is -0.480 e. The molecule has 1 N–H and O–H groups in total. The minimum atomic E-state index is 0.546. The lowest BCUT2D eigenvalue weighted by atomic mass is 10.3. The number of nitrogens with zero attached hydrogens (tertiary/aromatic N) is 5. The number of hydrogen-bond acceptors (Lipinski definition) is 5. The van der Waals surface area contributed by atoms with Crippen molar-refractivity contribution in [1.82, 2.24) is 20.2 Å². The van der Waals surface area contributed by atoms with Crippen LogP contribution in [0, 0.1) is 12.3 Å². The average Bonchev–Trinajstić information content (AvgIpc) is 2.59. The summed E-state index contributed by atoms with van der Waals surface area (Å²) in [6.07, 6.45) is 7.68. The van der Waals surface area contributed by atoms with Crippen molar-refractivity contribution in [3.63, 3.8) is 0 Å². The van der Waals surface area contributed by atoms with Gasteiger partial charge in [-0.1, -0.05) is 0 Å². The average molecular weight is 381 g/mol. The van der Waals surface area contributed by atoms with E-state index in [9.17, 15) is 0 Å². The second kappa shape index (κ2) is 8.58. The number of methoxy groups -OCH3 is 1. The molecule has 0 unspecified atom stereocenters. The summed E-state index contributed by atoms with van der Waals surface area (Å²) in [6.45, 7) is 4.06. The molecule has 1 fully saturated rings. The maximum atomic E-state index is 5.27. The molecule has 0 spiro atoms. The molecule has 2 heterocycles. The molecule has 0 amide bonds. The third-order valence-corrected chi connectivity index (χ3v) is 4.06. The molecule has 0 radical (unpaired) electrons. The molecule has 1 saturated heterocycles. The second-order valence-electron chi connectivity index (χ2n) is 4.93. The molecule has 0 saturated carbocycles. The van der Waals surface area contributed by atoms with Crippen LogP contribution in [-0.2, 0) is 0 Å². The lowest BCUT2D eigenvalue weighted by Gasteiger charge is -2.36. The van der Waals surface area contributed by atoms with E-state index >= 15 is 0 Å². The van der Waals surface area contributed by atoms with Gasteiger partial charge in [-0.25, -0.2) is 4.98 Å². The van der Waals surface area contributed by atoms with Gasteiger partial charge >= 0.3 is 0 Å². The zero-order chi connectivity index (χ0) is 16.7. The Hall–Kier alpha value is -2.01. The van der Waals surface area contributed by atoms with Crippen LogP contribution in [0.25, 0.3) is 0 Å². The number of ether oxygens (including phenoxy) is 1. The van der Waals surface area contributed by atoms with Crippen molar-refractivity contribution in [2.24, 2.45) is 4.99 Å². The molecule has 1 aliphatic heterocycles. The number of halogens is 1. The van der Waals surface area contributed by atoms with Crippen LogP contribution in [0.3, 0.4) is 0 Å². The molecule has 23 heavy (non-hydrogen) atoms. The Kier molecular flexibility index (Phi) is 6.47. The van der Waals surface area contributed by atoms with Crippen molar-refractivity contribution in [2.45, 2.75) is 6.42 Å². The Morgan fingerprint density at radius 2 is 2.22 bits per heavy atom. The molecule has 7 nitrogen and oxygen atoms in total. The Morgan fingerprint density at radius 3 is 2.83 bits per heavy atom. The fourth-order valence-electron chi connectivity index (χ4n) is 2.34. The van der Waals surface area contributed by atoms with Gasteiger partial charge in [-0.15, -0.1) is 12.3 Å². The number of piperazine rings is 1. The van der Waals surface area contributed by atoms with Gasteiger partial charge in [-0.05, 0) is 15.9 Å². The highest BCUT2D eigenvalue weighted by atomic mass is 79.9. The zero-order valence-corrected chi connectivity index (χ0v) is 15.0. The van der Waals surface area contributed by atoms with Crippen molar-refractivity contribution >= 4 is 27.8 Å². The third kappa shape index (κ3) is 4.48. The summed E-state index contributed by atoms with van der Waals surface area (Å²) in [6, 6.07) is 0. The smallest absolute Gasteiger partial charge is 0.232 e. The van der Waals surface area contributed by atoms with Crippen LogP contribution in [0.15, 0.2) is 15.7 Å². The number of guanidine groups is 1. The quantitative estimate of drug-likeness (QED) is 0.363. The standard InChI is InChI=1S/C15H21BrN6O/c1-4-5-6-18-14(17-2)21-7-9-22(10-8-21)15-19-11-12(16)13(20-15)23-3/h1,11H,5-10H2,2-3H3,(H,17,18). The summed E-state index contributed by atoms with van der Waals surface area (Å²) in [5.74, 6) is 4.73. The van der Waals surface area contributed by atoms with Gasteiger partial charge in [0.2, 0.25) is 11.8 Å². The van der Waals surface area contributed by atoms with Crippen LogP contribution in [0.2, 0.25) is 0 Å². The third-order valence-electron chi connectivity index (χ3n) is 3.52. The Morgan fingerprint density at radius 1 is 1.48 bits per heavy atom. The van der Waals surface area contributed by atoms with Crippen LogP contribution < -0.4 is 15.0 Å². The number of nitrogens with one attached hydrogen (secondary N) is 1. The largest absolute Gasteiger partial charge is 0.480 e. The van der Waals surface area contributed by atoms with Gasteiger partial charge in [0.25, 0.3) is 0 Å². The van der Waals surface area contributed by atoms with Crippen molar-refractivity contribution in [2.75, 3.05) is 51.8 Å². The fraction of sp³-hybridized carbons (Fsp3) is 0.533. The van der Waals surface area contributed by atoms with Gasteiger partial charge < -0.3 is 19.9 Å². The van der Waals surface area contributed by atoms with E-state index in [1.807, 2.05) is 0 Å². The van der Waals surface area contributed by atoms with Crippen molar-refractivity contribution in [3.8, 4) is 18.2 Å². The Labute approximate surface area is 145 Å². The number of hydrogen-bond donors (Lipinski definition) is 1. The highest BCUT2D eigenvalue weighted by Gasteiger charge is 2.21. The first-order valence-electron chi connectivity index (χ1n) is 7.40. The van der Waals surface area contributed by atoms with E-state index in [1.54, 1.807) is 20.4 Å². The normalized spacial score (nSPS) is 15.3. The maximum absolute atomic E-state index is 5.27. The molecule has 8 heteroatoms. The fourth-order valence-corrected chi connectivity index (χ4v) is 2.69. The van der Waals surface area contributed by atoms with Gasteiger partial charge in [-0.2, -0.15) is 4.98 Å². The number of terminal acetylenes is 1. The van der Waals surface area contributed by atoms with E-state index in [1.165, 1.54) is 0 Å². The molecule has 124 valence electrons. The van der Waals surface area contributed by atoms with Crippen molar-refractivity contribution < 1.29 is 4.74 Å². The summed E-state index contributed by atoms with van der Waals surface area (Å²) in [5, 5.41) is 3.28. The SMILES string of the molecule is C#CCCNC(=NC)N1CCN(c2ncc(Br)c(OC)n2)CC1. The first-order chi connectivity index (χ1) is 11.2. The lowest BCUT2D eigenvalue weighted by Crippen LogP contribution is -2.53. The highest BCUT2D eigenvalue weighted by Crippen LogP contribution is 2.23. The molecule has 1 aliphatic rings. The van der Waals surface area contributed by atoms with Crippen LogP contribution in [0.5, 0.6) is 5.88 Å². The van der Waals surface area contributed by atoms with Crippen LogP contribution in [0.1, 0.15) is 6.42 Å². The topological polar surface area (TPSA) is 65.9 Å². The summed E-state index contributed by atoms with van der Waals surface area (Å²) in [5.41, 5.74) is 0. The van der Waals surface area contributed by atoms with Crippen molar-refractivity contribution in [1.29, 1.82) is 0 Å². The number of rotatable bonds is 4. The molecule has 2 rings (SSSR count). The monoisotopic (exact) mass is 380 g/mol. The van der Waals surface area contributed by atoms with Crippen LogP contribution in [0.4, 0.5) is 5.95 Å². The van der Waals surface area contributed by atoms with Gasteiger partial charge in [-0.3, -0.25) is 4.99 Å². The predicted molar refractivity (Wildman–Crippen MR) is 94.9 cm³/mol. The summed E-state index contributed by atoms with van der Waals surface area (Å²) >= 11 is 3.37. The molecular weight excluding hydrogens is 360 g/mol. The van der Waals surface area contributed by atoms with Gasteiger partial charge in [0, 0.05) is 46.2 Å². The second-order valence-corrected chi connectivity index (χ2v) is 5.78. The lowest BCUT2D eigenvalue weighted by molar-refractivity contribution is 0.366. The van der Waals surface area contributed by atoms with E-state index in [4.69, 9.17) is 11.2 Å². The molecule has 0 atom stereocenters. The zero-order valence-electron chi connectivity index (χ0n) is 13.4. The molecule has 0 aromatic carbocycles. The van der Waals surface area contributed by atoms with Crippen molar-refractivity contribution in [3.05, 3.63) is 10.7 Å². The van der Waals surface area contributed by atoms with Gasteiger partial charge in [0.15, 0.2) is 5.96 Å². The summed E-state index contributed by atoms with van der Waals surface area (Å²) < 4.78 is 5.98. The molecular formula is C15H21BrN6O. The Bertz CT molecular complexity index is 592. The first-order valence-corrected chi connectivity index (χ1v) is 8.19. The predicted octanol–water partition coefficient (Wildman–Crippen LogP) is 0.968. The van der Waals surface area contributed by atoms with E-state index in [-0.39, 0.29) is 0 Å². The Balaban J connectivity index is 1.94. The highest BCUT2D eigenvalue weighted by molar-refractivity contribution is 9.10. The first kappa shape index (κ1) is 17.3. The van der Waals surface area contributed by atoms with Crippen LogP contribution in [-0.4, -0.2) is 67.7 Å². The van der Waals surface area contributed by atoms with E-state index in [0.29, 0.717) is 18.2 Å². The van der Waals surface area contributed by atoms with Gasteiger partial charge in [0.05, 0.1) is 17.8 Å². The van der Waals surface area contributed by atoms with E-state index in [2.05, 4.69) is 51.9 Å². The molecule has 1 aromatic rings. The number of anilines is 1. The summed E-state index contributed by atoms with van der Waals surface area (Å²) in [7, 11) is 3.38. The van der Waals surface area contributed by atoms with Gasteiger partial charge in [0.1, 0.15) is 0 Å². The van der Waals surface area contributed by atoms with E-state index < -0.39 is 0 Å². The molecule has 0 aliphatic carbocycles. The number of aromatic nitrogens is 2. The summed E-state index contributed by atoms with van der Waals surface area (Å²) in [4.78, 5) is 17.4. The minimum absolute atomic E-state index is 0.546. The molecule has 1 aromatic heterocycles. The maximum Gasteiger partial charge on any atom is 0.232 e. The van der Waals surface area contributed by atoms with E-state index in [0.717, 1.165) is 43.2 Å². The van der Waals surface area contributed by atoms with Crippen LogP contribution >= 0.6 is 15.9 Å². The number of aliphatic imine (C=N–C) groups is 1. The molecule has 0 bridgehead atoms.